The van der Waals surface area contributed by atoms with Crippen LogP contribution in [0.3, 0.4) is 0 Å². The molecule has 1 saturated heterocycles. The zero-order valence-corrected chi connectivity index (χ0v) is 20.0. The summed E-state index contributed by atoms with van der Waals surface area (Å²) in [5.41, 5.74) is -0.375. The largest absolute Gasteiger partial charge is 0.508 e. The third-order valence-corrected chi connectivity index (χ3v) is 5.97. The molecule has 0 saturated carbocycles. The zero-order chi connectivity index (χ0) is 26.4. The summed E-state index contributed by atoms with van der Waals surface area (Å²) in [5.74, 6) is -2.31. The number of hydrogen-bond donors (Lipinski definition) is 1. The van der Waals surface area contributed by atoms with Crippen LogP contribution < -0.4 is 4.74 Å². The average molecular weight is 514 g/mol. The van der Waals surface area contributed by atoms with Gasteiger partial charge in [-0.05, 0) is 50.5 Å². The van der Waals surface area contributed by atoms with Crippen molar-refractivity contribution in [2.75, 3.05) is 26.2 Å². The van der Waals surface area contributed by atoms with Crippen LogP contribution in [-0.4, -0.2) is 65.1 Å². The van der Waals surface area contributed by atoms with Crippen LogP contribution in [0.25, 0.3) is 0 Å². The lowest BCUT2D eigenvalue weighted by atomic mass is 9.87. The maximum absolute atomic E-state index is 15.3. The Hall–Kier alpha value is -3.08. The molecule has 36 heavy (non-hydrogen) atoms. The number of ether oxygens (including phenoxy) is 2. The number of nitrogens with zero attached hydrogens (tertiary/aromatic N) is 2. The molecule has 2 aliphatic rings. The highest BCUT2D eigenvalue weighted by molar-refractivity contribution is 5.69. The Morgan fingerprint density at radius 2 is 1.72 bits per heavy atom. The quantitative estimate of drug-likeness (QED) is 0.570. The number of aromatic hydroxyl groups is 1. The molecule has 2 heterocycles. The van der Waals surface area contributed by atoms with Gasteiger partial charge in [-0.2, -0.15) is 13.2 Å². The molecule has 11 heteroatoms. The van der Waals surface area contributed by atoms with Gasteiger partial charge in [0.1, 0.15) is 34.8 Å². The van der Waals surface area contributed by atoms with Gasteiger partial charge in [-0.3, -0.25) is 4.90 Å². The van der Waals surface area contributed by atoms with Gasteiger partial charge in [-0.25, -0.2) is 13.6 Å². The predicted octanol–water partition coefficient (Wildman–Crippen LogP) is 5.18. The molecule has 0 radical (unpaired) electrons. The van der Waals surface area contributed by atoms with Gasteiger partial charge in [0.05, 0.1) is 25.7 Å². The molecule has 4 rings (SSSR count). The van der Waals surface area contributed by atoms with E-state index in [1.54, 1.807) is 20.8 Å². The summed E-state index contributed by atoms with van der Waals surface area (Å²) in [6.45, 7) is 4.08. The smallest absolute Gasteiger partial charge is 0.410 e. The molecule has 1 amide bonds. The van der Waals surface area contributed by atoms with E-state index in [0.717, 1.165) is 17.0 Å². The predicted molar refractivity (Wildman–Crippen MR) is 120 cm³/mol. The number of fused-ring (bicyclic) bond motifs is 1. The molecule has 1 unspecified atom stereocenters. The fourth-order valence-electron chi connectivity index (χ4n) is 4.47. The highest BCUT2D eigenvalue weighted by atomic mass is 19.4. The topological polar surface area (TPSA) is 62.2 Å². The monoisotopic (exact) mass is 514 g/mol. The molecule has 0 aromatic heterocycles. The number of carbonyl (C=O) groups excluding carboxylic acids is 1. The Morgan fingerprint density at radius 1 is 1.08 bits per heavy atom. The molecular formula is C25H27F5N2O4. The van der Waals surface area contributed by atoms with Crippen molar-refractivity contribution in [2.24, 2.45) is 0 Å². The summed E-state index contributed by atoms with van der Waals surface area (Å²) in [7, 11) is 0. The van der Waals surface area contributed by atoms with Crippen molar-refractivity contribution >= 4 is 6.09 Å². The van der Waals surface area contributed by atoms with Crippen molar-refractivity contribution in [1.29, 1.82) is 0 Å². The van der Waals surface area contributed by atoms with E-state index in [0.29, 0.717) is 11.1 Å². The molecule has 1 N–H and O–H groups in total. The van der Waals surface area contributed by atoms with Gasteiger partial charge >= 0.3 is 12.3 Å². The second-order valence-electron chi connectivity index (χ2n) is 10.0. The summed E-state index contributed by atoms with van der Waals surface area (Å²) >= 11 is 0. The molecule has 1 atom stereocenters. The fraction of sp³-hybridized carbons (Fsp3) is 0.480. The number of benzene rings is 2. The van der Waals surface area contributed by atoms with Crippen LogP contribution in [0.2, 0.25) is 0 Å². The van der Waals surface area contributed by atoms with E-state index in [-0.39, 0.29) is 37.6 Å². The second kappa shape index (κ2) is 9.42. The van der Waals surface area contributed by atoms with Crippen LogP contribution >= 0.6 is 0 Å². The first kappa shape index (κ1) is 26.0. The standard InChI is InChI=1S/C25H27F5N2O4/c1-24(2,3)36-23(34)32-11-17(12-32)35-16-9-19(26)21(20(27)10-16)22-18-5-4-15(33)8-14(18)6-7-31(22)13-25(28,29)30/h4-5,8-10,17,22,33H,6-7,11-13H2,1-3H3. The van der Waals surface area contributed by atoms with Crippen LogP contribution in [0, 0.1) is 11.6 Å². The molecule has 0 spiro atoms. The van der Waals surface area contributed by atoms with Crippen LogP contribution in [0.5, 0.6) is 11.5 Å². The first-order valence-electron chi connectivity index (χ1n) is 11.5. The Kier molecular flexibility index (Phi) is 6.80. The number of rotatable bonds is 4. The minimum absolute atomic E-state index is 0.0811. The van der Waals surface area contributed by atoms with Gasteiger partial charge in [0.25, 0.3) is 0 Å². The van der Waals surface area contributed by atoms with E-state index in [9.17, 15) is 23.1 Å². The number of halogens is 5. The summed E-state index contributed by atoms with van der Waals surface area (Å²) < 4.78 is 81.2. The van der Waals surface area contributed by atoms with Gasteiger partial charge in [0, 0.05) is 24.2 Å². The van der Waals surface area contributed by atoms with Crippen LogP contribution in [0.1, 0.15) is 43.5 Å². The number of alkyl halides is 3. The summed E-state index contributed by atoms with van der Waals surface area (Å²) in [6, 6.07) is 4.61. The molecule has 6 nitrogen and oxygen atoms in total. The van der Waals surface area contributed by atoms with Gasteiger partial charge in [0.15, 0.2) is 0 Å². The average Bonchev–Trinajstić information content (AvgIpc) is 2.68. The SMILES string of the molecule is CC(C)(C)OC(=O)N1CC(Oc2cc(F)c(C3c4ccc(O)cc4CCN3CC(F)(F)F)c(F)c2)C1. The van der Waals surface area contributed by atoms with E-state index in [2.05, 4.69) is 0 Å². The summed E-state index contributed by atoms with van der Waals surface area (Å²) in [4.78, 5) is 14.4. The van der Waals surface area contributed by atoms with Crippen LogP contribution in [0.4, 0.5) is 26.7 Å². The molecule has 2 aromatic carbocycles. The highest BCUT2D eigenvalue weighted by Crippen LogP contribution is 2.41. The first-order chi connectivity index (χ1) is 16.7. The van der Waals surface area contributed by atoms with Crippen molar-refractivity contribution in [1.82, 2.24) is 9.80 Å². The highest BCUT2D eigenvalue weighted by Gasteiger charge is 2.40. The maximum atomic E-state index is 15.3. The maximum Gasteiger partial charge on any atom is 0.410 e. The molecular weight excluding hydrogens is 487 g/mol. The Bertz CT molecular complexity index is 1120. The van der Waals surface area contributed by atoms with Crippen molar-refractivity contribution in [2.45, 2.75) is 51.1 Å². The van der Waals surface area contributed by atoms with Crippen molar-refractivity contribution in [3.05, 3.63) is 58.7 Å². The zero-order valence-electron chi connectivity index (χ0n) is 20.0. The lowest BCUT2D eigenvalue weighted by molar-refractivity contribution is -0.150. The number of phenols is 1. The first-order valence-corrected chi connectivity index (χ1v) is 11.5. The lowest BCUT2D eigenvalue weighted by Gasteiger charge is -2.40. The van der Waals surface area contributed by atoms with E-state index < -0.39 is 53.8 Å². The minimum Gasteiger partial charge on any atom is -0.508 e. The van der Waals surface area contributed by atoms with Gasteiger partial charge in [-0.1, -0.05) is 6.07 Å². The number of likely N-dealkylation sites (tertiary alicyclic amines) is 1. The Balaban J connectivity index is 1.56. The van der Waals surface area contributed by atoms with E-state index in [1.165, 1.54) is 23.1 Å². The molecule has 0 bridgehead atoms. The molecule has 1 fully saturated rings. The molecule has 2 aliphatic heterocycles. The molecule has 0 aliphatic carbocycles. The van der Waals surface area contributed by atoms with Crippen molar-refractivity contribution in [3.8, 4) is 11.5 Å². The normalized spacial score (nSPS) is 19.0. The third kappa shape index (κ3) is 5.83. The van der Waals surface area contributed by atoms with Crippen molar-refractivity contribution in [3.63, 3.8) is 0 Å². The van der Waals surface area contributed by atoms with Gasteiger partial charge in [-0.15, -0.1) is 0 Å². The van der Waals surface area contributed by atoms with E-state index in [4.69, 9.17) is 9.47 Å². The van der Waals surface area contributed by atoms with E-state index in [1.807, 2.05) is 0 Å². The van der Waals surface area contributed by atoms with Crippen LogP contribution in [0.15, 0.2) is 30.3 Å². The van der Waals surface area contributed by atoms with Crippen molar-refractivity contribution < 1.29 is 41.3 Å². The lowest BCUT2D eigenvalue weighted by Crippen LogP contribution is -2.57. The summed E-state index contributed by atoms with van der Waals surface area (Å²) in [5, 5.41) is 9.77. The van der Waals surface area contributed by atoms with E-state index >= 15 is 8.78 Å². The second-order valence-corrected chi connectivity index (χ2v) is 10.0. The van der Waals surface area contributed by atoms with Gasteiger partial charge < -0.3 is 19.5 Å². The summed E-state index contributed by atoms with van der Waals surface area (Å²) in [6.07, 6.45) is -5.42. The minimum atomic E-state index is -4.58. The third-order valence-electron chi connectivity index (χ3n) is 5.97. The van der Waals surface area contributed by atoms with Gasteiger partial charge in [0.2, 0.25) is 0 Å². The number of phenolic OH excluding ortho intramolecular Hbond substituents is 1. The Labute approximate surface area is 205 Å². The number of hydrogen-bond acceptors (Lipinski definition) is 5. The van der Waals surface area contributed by atoms with Crippen LogP contribution in [-0.2, 0) is 11.2 Å². The number of carbonyl (C=O) groups is 1. The Morgan fingerprint density at radius 3 is 2.31 bits per heavy atom. The molecule has 2 aromatic rings. The number of amides is 1. The molecule has 196 valence electrons. The fourth-order valence-corrected chi connectivity index (χ4v) is 4.47.